The van der Waals surface area contributed by atoms with Crippen LogP contribution in [0.5, 0.6) is 0 Å². The Kier molecular flexibility index (Phi) is 5.03. The standard InChI is InChI=1S/C15H24ClN/c1-11-10-12(6-7-13(11)16)14(17-5)8-9-15(2,3)4/h6-7,10,14,17H,8-9H2,1-5H3. The zero-order valence-electron chi connectivity index (χ0n) is 11.6. The van der Waals surface area contributed by atoms with Crippen LogP contribution in [0.15, 0.2) is 18.2 Å². The van der Waals surface area contributed by atoms with Gasteiger partial charge in [-0.3, -0.25) is 0 Å². The van der Waals surface area contributed by atoms with Crippen LogP contribution in [-0.2, 0) is 0 Å². The molecule has 1 rings (SSSR count). The van der Waals surface area contributed by atoms with Crippen LogP contribution in [0.1, 0.15) is 50.8 Å². The maximum Gasteiger partial charge on any atom is 0.0435 e. The second kappa shape index (κ2) is 5.88. The highest BCUT2D eigenvalue weighted by Gasteiger charge is 2.15. The summed E-state index contributed by atoms with van der Waals surface area (Å²) in [5.74, 6) is 0. The van der Waals surface area contributed by atoms with Gasteiger partial charge in [-0.2, -0.15) is 0 Å². The Balaban J connectivity index is 2.76. The molecule has 0 spiro atoms. The zero-order valence-corrected chi connectivity index (χ0v) is 12.4. The van der Waals surface area contributed by atoms with Gasteiger partial charge in [0.25, 0.3) is 0 Å². The first-order valence-electron chi connectivity index (χ1n) is 6.27. The molecular weight excluding hydrogens is 230 g/mol. The second-order valence-corrected chi connectivity index (χ2v) is 6.36. The van der Waals surface area contributed by atoms with E-state index in [1.165, 1.54) is 12.0 Å². The largest absolute Gasteiger partial charge is 0.313 e. The molecule has 1 unspecified atom stereocenters. The molecule has 0 heterocycles. The predicted molar refractivity (Wildman–Crippen MR) is 76.7 cm³/mol. The van der Waals surface area contributed by atoms with E-state index >= 15 is 0 Å². The maximum absolute atomic E-state index is 6.06. The monoisotopic (exact) mass is 253 g/mol. The molecule has 0 aromatic heterocycles. The van der Waals surface area contributed by atoms with Crippen LogP contribution in [0, 0.1) is 12.3 Å². The molecule has 1 atom stereocenters. The second-order valence-electron chi connectivity index (χ2n) is 5.95. The Morgan fingerprint density at radius 3 is 2.41 bits per heavy atom. The van der Waals surface area contributed by atoms with E-state index in [-0.39, 0.29) is 0 Å². The molecule has 1 aromatic carbocycles. The molecule has 17 heavy (non-hydrogen) atoms. The SMILES string of the molecule is CNC(CCC(C)(C)C)c1ccc(Cl)c(C)c1. The molecule has 1 nitrogen and oxygen atoms in total. The Morgan fingerprint density at radius 1 is 1.29 bits per heavy atom. The van der Waals surface area contributed by atoms with Gasteiger partial charge in [0.05, 0.1) is 0 Å². The van der Waals surface area contributed by atoms with Gasteiger partial charge in [0.15, 0.2) is 0 Å². The van der Waals surface area contributed by atoms with Crippen molar-refractivity contribution >= 4 is 11.6 Å². The van der Waals surface area contributed by atoms with Crippen LogP contribution < -0.4 is 5.32 Å². The molecule has 0 aliphatic rings. The Labute approximate surface area is 111 Å². The van der Waals surface area contributed by atoms with Crippen LogP contribution in [0.3, 0.4) is 0 Å². The Bertz CT molecular complexity index is 366. The molecule has 0 radical (unpaired) electrons. The molecule has 1 aromatic rings. The van der Waals surface area contributed by atoms with E-state index in [9.17, 15) is 0 Å². The highest BCUT2D eigenvalue weighted by atomic mass is 35.5. The van der Waals surface area contributed by atoms with E-state index in [4.69, 9.17) is 11.6 Å². The van der Waals surface area contributed by atoms with Crippen LogP contribution in [0.2, 0.25) is 5.02 Å². The quantitative estimate of drug-likeness (QED) is 0.818. The molecule has 0 aliphatic carbocycles. The van der Waals surface area contributed by atoms with E-state index in [0.29, 0.717) is 11.5 Å². The molecule has 1 N–H and O–H groups in total. The molecule has 0 amide bonds. The topological polar surface area (TPSA) is 12.0 Å². The van der Waals surface area contributed by atoms with Crippen molar-refractivity contribution in [2.75, 3.05) is 7.05 Å². The van der Waals surface area contributed by atoms with Crippen LogP contribution in [-0.4, -0.2) is 7.05 Å². The van der Waals surface area contributed by atoms with Crippen molar-refractivity contribution in [2.45, 2.75) is 46.6 Å². The van der Waals surface area contributed by atoms with Gasteiger partial charge in [0.1, 0.15) is 0 Å². The number of halogens is 1. The lowest BCUT2D eigenvalue weighted by Gasteiger charge is -2.23. The number of benzene rings is 1. The summed E-state index contributed by atoms with van der Waals surface area (Å²) in [7, 11) is 2.03. The third-order valence-electron chi connectivity index (χ3n) is 3.12. The van der Waals surface area contributed by atoms with Gasteiger partial charge in [-0.05, 0) is 49.4 Å². The summed E-state index contributed by atoms with van der Waals surface area (Å²) in [5, 5.41) is 4.24. The van der Waals surface area contributed by atoms with E-state index in [0.717, 1.165) is 17.0 Å². The van der Waals surface area contributed by atoms with Crippen LogP contribution in [0.25, 0.3) is 0 Å². The molecule has 0 saturated heterocycles. The number of rotatable bonds is 4. The summed E-state index contributed by atoms with van der Waals surface area (Å²) in [4.78, 5) is 0. The molecular formula is C15H24ClN. The summed E-state index contributed by atoms with van der Waals surface area (Å²) in [6.45, 7) is 8.91. The van der Waals surface area contributed by atoms with Gasteiger partial charge in [-0.15, -0.1) is 0 Å². The minimum absolute atomic E-state index is 0.385. The highest BCUT2D eigenvalue weighted by Crippen LogP contribution is 2.28. The number of hydrogen-bond donors (Lipinski definition) is 1. The van der Waals surface area contributed by atoms with Gasteiger partial charge in [-0.25, -0.2) is 0 Å². The summed E-state index contributed by atoms with van der Waals surface area (Å²) in [5.41, 5.74) is 2.87. The lowest BCUT2D eigenvalue weighted by Crippen LogP contribution is -2.19. The smallest absolute Gasteiger partial charge is 0.0435 e. The number of nitrogens with one attached hydrogen (secondary N) is 1. The van der Waals surface area contributed by atoms with Crippen molar-refractivity contribution in [1.82, 2.24) is 5.32 Å². The number of hydrogen-bond acceptors (Lipinski definition) is 1. The third-order valence-corrected chi connectivity index (χ3v) is 3.54. The molecule has 2 heteroatoms. The predicted octanol–water partition coefficient (Wildman–Crippen LogP) is 4.74. The minimum atomic E-state index is 0.385. The summed E-state index contributed by atoms with van der Waals surface area (Å²) >= 11 is 6.06. The Morgan fingerprint density at radius 2 is 1.94 bits per heavy atom. The summed E-state index contributed by atoms with van der Waals surface area (Å²) in [6, 6.07) is 6.73. The lowest BCUT2D eigenvalue weighted by molar-refractivity contribution is 0.338. The van der Waals surface area contributed by atoms with Gasteiger partial charge >= 0.3 is 0 Å². The fraction of sp³-hybridized carbons (Fsp3) is 0.600. The number of aryl methyl sites for hydroxylation is 1. The maximum atomic E-state index is 6.06. The normalized spacial score (nSPS) is 13.8. The zero-order chi connectivity index (χ0) is 13.1. The fourth-order valence-electron chi connectivity index (χ4n) is 1.94. The average molecular weight is 254 g/mol. The molecule has 0 saturated carbocycles. The summed E-state index contributed by atoms with van der Waals surface area (Å²) in [6.07, 6.45) is 2.36. The van der Waals surface area contributed by atoms with Crippen molar-refractivity contribution in [3.8, 4) is 0 Å². The van der Waals surface area contributed by atoms with E-state index < -0.39 is 0 Å². The first kappa shape index (κ1) is 14.5. The van der Waals surface area contributed by atoms with Crippen molar-refractivity contribution in [1.29, 1.82) is 0 Å². The van der Waals surface area contributed by atoms with Crippen molar-refractivity contribution in [2.24, 2.45) is 5.41 Å². The highest BCUT2D eigenvalue weighted by molar-refractivity contribution is 6.31. The van der Waals surface area contributed by atoms with Crippen molar-refractivity contribution < 1.29 is 0 Å². The van der Waals surface area contributed by atoms with Gasteiger partial charge in [0, 0.05) is 11.1 Å². The lowest BCUT2D eigenvalue weighted by atomic mass is 9.87. The van der Waals surface area contributed by atoms with Crippen molar-refractivity contribution in [3.63, 3.8) is 0 Å². The average Bonchev–Trinajstić information content (AvgIpc) is 2.22. The first-order chi connectivity index (χ1) is 7.83. The Hall–Kier alpha value is -0.530. The minimum Gasteiger partial charge on any atom is -0.313 e. The van der Waals surface area contributed by atoms with Gasteiger partial charge < -0.3 is 5.32 Å². The van der Waals surface area contributed by atoms with E-state index in [1.54, 1.807) is 0 Å². The third kappa shape index (κ3) is 4.69. The molecule has 0 fully saturated rings. The molecule has 0 bridgehead atoms. The molecule has 0 aliphatic heterocycles. The van der Waals surface area contributed by atoms with E-state index in [2.05, 4.69) is 45.1 Å². The molecule has 96 valence electrons. The van der Waals surface area contributed by atoms with Gasteiger partial charge in [-0.1, -0.05) is 44.5 Å². The van der Waals surface area contributed by atoms with E-state index in [1.807, 2.05) is 13.1 Å². The van der Waals surface area contributed by atoms with Gasteiger partial charge in [0.2, 0.25) is 0 Å². The van der Waals surface area contributed by atoms with Crippen LogP contribution >= 0.6 is 11.6 Å². The first-order valence-corrected chi connectivity index (χ1v) is 6.64. The summed E-state index contributed by atoms with van der Waals surface area (Å²) < 4.78 is 0. The van der Waals surface area contributed by atoms with Crippen molar-refractivity contribution in [3.05, 3.63) is 34.3 Å². The fourth-order valence-corrected chi connectivity index (χ4v) is 2.06. The van der Waals surface area contributed by atoms with Crippen LogP contribution in [0.4, 0.5) is 0 Å².